The van der Waals surface area contributed by atoms with Crippen LogP contribution in [-0.4, -0.2) is 16.1 Å². The van der Waals surface area contributed by atoms with Gasteiger partial charge in [0.05, 0.1) is 11.1 Å². The molecule has 0 saturated carbocycles. The van der Waals surface area contributed by atoms with Crippen molar-refractivity contribution in [3.8, 4) is 0 Å². The minimum Gasteiger partial charge on any atom is -0.478 e. The van der Waals surface area contributed by atoms with Crippen LogP contribution in [0.2, 0.25) is 0 Å². The van der Waals surface area contributed by atoms with Gasteiger partial charge in [-0.3, -0.25) is 0 Å². The van der Waals surface area contributed by atoms with E-state index in [0.29, 0.717) is 12.1 Å². The van der Waals surface area contributed by atoms with Crippen molar-refractivity contribution in [1.82, 2.24) is 4.98 Å². The highest BCUT2D eigenvalue weighted by atomic mass is 16.4. The summed E-state index contributed by atoms with van der Waals surface area (Å²) in [6, 6.07) is 13.5. The summed E-state index contributed by atoms with van der Waals surface area (Å²) in [6.07, 6.45) is 1.92. The van der Waals surface area contributed by atoms with Crippen LogP contribution in [0.5, 0.6) is 0 Å². The quantitative estimate of drug-likeness (QED) is 0.681. The molecule has 3 aromatic rings. The van der Waals surface area contributed by atoms with Crippen LogP contribution in [0.1, 0.15) is 21.5 Å². The molecule has 0 spiro atoms. The van der Waals surface area contributed by atoms with Gasteiger partial charge in [0.1, 0.15) is 0 Å². The van der Waals surface area contributed by atoms with Gasteiger partial charge >= 0.3 is 5.97 Å². The average Bonchev–Trinajstić information content (AvgIpc) is 2.95. The molecule has 21 heavy (non-hydrogen) atoms. The number of nitrogens with one attached hydrogen (secondary N) is 2. The molecule has 4 heteroatoms. The number of aromatic amines is 1. The summed E-state index contributed by atoms with van der Waals surface area (Å²) >= 11 is 0. The molecule has 0 saturated heterocycles. The van der Waals surface area contributed by atoms with E-state index in [1.807, 2.05) is 31.3 Å². The molecule has 2 aromatic carbocycles. The number of aromatic carboxylic acids is 1. The Morgan fingerprint density at radius 2 is 2.00 bits per heavy atom. The van der Waals surface area contributed by atoms with Crippen LogP contribution in [-0.2, 0) is 6.54 Å². The largest absolute Gasteiger partial charge is 0.478 e. The molecule has 3 rings (SSSR count). The molecule has 3 N–H and O–H groups in total. The Morgan fingerprint density at radius 3 is 2.81 bits per heavy atom. The molecular formula is C17H16N2O2. The zero-order valence-corrected chi connectivity index (χ0v) is 11.7. The maximum atomic E-state index is 11.2. The van der Waals surface area contributed by atoms with Gasteiger partial charge < -0.3 is 15.4 Å². The summed E-state index contributed by atoms with van der Waals surface area (Å²) in [5, 5.41) is 13.7. The maximum absolute atomic E-state index is 11.2. The SMILES string of the molecule is Cc1c(NCc2cccc3cc[nH]c23)cccc1C(=O)O. The first-order valence-electron chi connectivity index (χ1n) is 6.78. The highest BCUT2D eigenvalue weighted by molar-refractivity contribution is 5.91. The number of carboxylic acids is 1. The highest BCUT2D eigenvalue weighted by Crippen LogP contribution is 2.22. The summed E-state index contributed by atoms with van der Waals surface area (Å²) in [5.41, 5.74) is 4.19. The number of anilines is 1. The van der Waals surface area contributed by atoms with Gasteiger partial charge in [-0.1, -0.05) is 24.3 Å². The number of hydrogen-bond donors (Lipinski definition) is 3. The number of hydrogen-bond acceptors (Lipinski definition) is 2. The fraction of sp³-hybridized carbons (Fsp3) is 0.118. The second kappa shape index (κ2) is 5.32. The lowest BCUT2D eigenvalue weighted by atomic mass is 10.1. The normalized spacial score (nSPS) is 10.7. The van der Waals surface area contributed by atoms with Crippen molar-refractivity contribution in [3.63, 3.8) is 0 Å². The fourth-order valence-corrected chi connectivity index (χ4v) is 2.55. The van der Waals surface area contributed by atoms with Crippen molar-refractivity contribution < 1.29 is 9.90 Å². The van der Waals surface area contributed by atoms with Gasteiger partial charge in [0, 0.05) is 18.4 Å². The van der Waals surface area contributed by atoms with E-state index in [9.17, 15) is 4.79 Å². The second-order valence-corrected chi connectivity index (χ2v) is 5.00. The van der Waals surface area contributed by atoms with Gasteiger partial charge in [-0.2, -0.15) is 0 Å². The van der Waals surface area contributed by atoms with Crippen LogP contribution >= 0.6 is 0 Å². The molecule has 0 fully saturated rings. The molecule has 0 atom stereocenters. The first-order valence-corrected chi connectivity index (χ1v) is 6.78. The Labute approximate surface area is 122 Å². The molecule has 0 unspecified atom stereocenters. The number of benzene rings is 2. The van der Waals surface area contributed by atoms with Crippen molar-refractivity contribution in [2.24, 2.45) is 0 Å². The first-order chi connectivity index (χ1) is 10.2. The lowest BCUT2D eigenvalue weighted by molar-refractivity contribution is 0.0696. The number of para-hydroxylation sites is 1. The monoisotopic (exact) mass is 280 g/mol. The van der Waals surface area contributed by atoms with Gasteiger partial charge in [-0.25, -0.2) is 4.79 Å². The van der Waals surface area contributed by atoms with E-state index in [1.54, 1.807) is 12.1 Å². The van der Waals surface area contributed by atoms with Gasteiger partial charge in [-0.15, -0.1) is 0 Å². The van der Waals surface area contributed by atoms with Crippen LogP contribution in [0.25, 0.3) is 10.9 Å². The molecule has 0 bridgehead atoms. The van der Waals surface area contributed by atoms with Crippen LogP contribution < -0.4 is 5.32 Å². The van der Waals surface area contributed by atoms with Crippen LogP contribution in [0.3, 0.4) is 0 Å². The molecular weight excluding hydrogens is 264 g/mol. The predicted molar refractivity (Wildman–Crippen MR) is 83.8 cm³/mol. The van der Waals surface area contributed by atoms with Crippen molar-refractivity contribution in [1.29, 1.82) is 0 Å². The van der Waals surface area contributed by atoms with Gasteiger partial charge in [0.25, 0.3) is 0 Å². The lowest BCUT2D eigenvalue weighted by Gasteiger charge is -2.12. The summed E-state index contributed by atoms with van der Waals surface area (Å²) in [4.78, 5) is 14.4. The van der Waals surface area contributed by atoms with E-state index in [1.165, 1.54) is 5.39 Å². The topological polar surface area (TPSA) is 65.1 Å². The second-order valence-electron chi connectivity index (χ2n) is 5.00. The summed E-state index contributed by atoms with van der Waals surface area (Å²) < 4.78 is 0. The van der Waals surface area contributed by atoms with Crippen molar-refractivity contribution >= 4 is 22.6 Å². The van der Waals surface area contributed by atoms with E-state index in [0.717, 1.165) is 22.3 Å². The number of carbonyl (C=O) groups is 1. The predicted octanol–water partition coefficient (Wildman–Crippen LogP) is 3.79. The number of carboxylic acid groups (broad SMARTS) is 1. The van der Waals surface area contributed by atoms with Crippen LogP contribution in [0.15, 0.2) is 48.7 Å². The first kappa shape index (κ1) is 13.2. The number of H-pyrrole nitrogens is 1. The third kappa shape index (κ3) is 2.48. The minimum absolute atomic E-state index is 0.332. The molecule has 1 heterocycles. The van der Waals surface area contributed by atoms with E-state index < -0.39 is 5.97 Å². The third-order valence-electron chi connectivity index (χ3n) is 3.71. The van der Waals surface area contributed by atoms with Crippen LogP contribution in [0, 0.1) is 6.92 Å². The number of fused-ring (bicyclic) bond motifs is 1. The minimum atomic E-state index is -0.900. The zero-order chi connectivity index (χ0) is 14.8. The van der Waals surface area contributed by atoms with E-state index >= 15 is 0 Å². The van der Waals surface area contributed by atoms with E-state index in [-0.39, 0.29) is 0 Å². The number of aromatic nitrogens is 1. The molecule has 0 amide bonds. The average molecular weight is 280 g/mol. The Balaban J connectivity index is 1.87. The van der Waals surface area contributed by atoms with Gasteiger partial charge in [0.15, 0.2) is 0 Å². The van der Waals surface area contributed by atoms with E-state index in [2.05, 4.69) is 22.4 Å². The summed E-state index contributed by atoms with van der Waals surface area (Å²) in [7, 11) is 0. The summed E-state index contributed by atoms with van der Waals surface area (Å²) in [5.74, 6) is -0.900. The lowest BCUT2D eigenvalue weighted by Crippen LogP contribution is -2.06. The van der Waals surface area contributed by atoms with Gasteiger partial charge in [-0.05, 0) is 41.6 Å². The molecule has 0 aliphatic carbocycles. The Bertz CT molecular complexity index is 805. The van der Waals surface area contributed by atoms with Crippen molar-refractivity contribution in [2.75, 3.05) is 5.32 Å². The van der Waals surface area contributed by atoms with Crippen LogP contribution in [0.4, 0.5) is 5.69 Å². The van der Waals surface area contributed by atoms with E-state index in [4.69, 9.17) is 5.11 Å². The Kier molecular flexibility index (Phi) is 3.36. The standard InChI is InChI=1S/C17H16N2O2/c1-11-14(17(20)21)6-3-7-15(11)19-10-13-5-2-4-12-8-9-18-16(12)13/h2-9,18-19H,10H2,1H3,(H,20,21). The summed E-state index contributed by atoms with van der Waals surface area (Å²) in [6.45, 7) is 2.46. The van der Waals surface area contributed by atoms with Crippen molar-refractivity contribution in [3.05, 3.63) is 65.4 Å². The molecule has 106 valence electrons. The maximum Gasteiger partial charge on any atom is 0.336 e. The van der Waals surface area contributed by atoms with Crippen molar-refractivity contribution in [2.45, 2.75) is 13.5 Å². The Morgan fingerprint density at radius 1 is 1.19 bits per heavy atom. The van der Waals surface area contributed by atoms with Gasteiger partial charge in [0.2, 0.25) is 0 Å². The third-order valence-corrected chi connectivity index (χ3v) is 3.71. The fourth-order valence-electron chi connectivity index (χ4n) is 2.55. The zero-order valence-electron chi connectivity index (χ0n) is 11.7. The molecule has 1 aromatic heterocycles. The molecule has 0 radical (unpaired) electrons. The smallest absolute Gasteiger partial charge is 0.336 e. The molecule has 0 aliphatic heterocycles. The number of rotatable bonds is 4. The Hall–Kier alpha value is -2.75. The highest BCUT2D eigenvalue weighted by Gasteiger charge is 2.10. The molecule has 4 nitrogen and oxygen atoms in total. The molecule has 0 aliphatic rings.